The van der Waals surface area contributed by atoms with E-state index in [1.54, 1.807) is 0 Å². The second-order valence-corrected chi connectivity index (χ2v) is 5.06. The predicted molar refractivity (Wildman–Crippen MR) is 79.7 cm³/mol. The van der Waals surface area contributed by atoms with Crippen LogP contribution in [-0.2, 0) is 12.8 Å². The van der Waals surface area contributed by atoms with Gasteiger partial charge in [-0.3, -0.25) is 10.1 Å². The van der Waals surface area contributed by atoms with E-state index in [4.69, 9.17) is 5.73 Å². The zero-order valence-electron chi connectivity index (χ0n) is 11.3. The van der Waals surface area contributed by atoms with Crippen LogP contribution in [0, 0.1) is 21.4 Å². The first-order valence-corrected chi connectivity index (χ1v) is 6.72. The number of nitro groups is 1. The average molecular weight is 279 g/mol. The van der Waals surface area contributed by atoms with Crippen LogP contribution < -0.4 is 5.73 Å². The van der Waals surface area contributed by atoms with Crippen molar-refractivity contribution in [3.8, 4) is 17.2 Å². The largest absolute Gasteiger partial charge is 0.392 e. The Balaban J connectivity index is 2.44. The van der Waals surface area contributed by atoms with Crippen molar-refractivity contribution in [1.29, 1.82) is 5.26 Å². The van der Waals surface area contributed by atoms with Crippen molar-refractivity contribution < 1.29 is 4.92 Å². The van der Waals surface area contributed by atoms with Crippen LogP contribution >= 0.6 is 0 Å². The van der Waals surface area contributed by atoms with Crippen molar-refractivity contribution in [1.82, 2.24) is 0 Å². The Hall–Kier alpha value is -2.87. The number of hydrogen-bond acceptors (Lipinski definition) is 4. The van der Waals surface area contributed by atoms with Crippen LogP contribution in [0.2, 0.25) is 0 Å². The van der Waals surface area contributed by atoms with Crippen LogP contribution in [0.1, 0.15) is 23.1 Å². The third-order valence-electron chi connectivity index (χ3n) is 3.94. The molecule has 0 heterocycles. The third kappa shape index (κ3) is 1.93. The van der Waals surface area contributed by atoms with Gasteiger partial charge in [0.2, 0.25) is 0 Å². The van der Waals surface area contributed by atoms with Gasteiger partial charge in [-0.1, -0.05) is 30.3 Å². The highest BCUT2D eigenvalue weighted by molar-refractivity contribution is 5.89. The van der Waals surface area contributed by atoms with E-state index in [1.165, 1.54) is 0 Å². The molecule has 104 valence electrons. The summed E-state index contributed by atoms with van der Waals surface area (Å²) in [5.41, 5.74) is 9.19. The average Bonchev–Trinajstić information content (AvgIpc) is 2.95. The molecule has 2 aromatic carbocycles. The quantitative estimate of drug-likeness (QED) is 0.519. The number of benzene rings is 2. The first-order valence-electron chi connectivity index (χ1n) is 6.72. The third-order valence-corrected chi connectivity index (χ3v) is 3.94. The highest BCUT2D eigenvalue weighted by atomic mass is 16.6. The summed E-state index contributed by atoms with van der Waals surface area (Å²) in [6, 6.07) is 11.3. The smallest absolute Gasteiger partial charge is 0.301 e. The number of nitrogen functional groups attached to an aromatic ring is 1. The molecule has 0 fully saturated rings. The molecule has 0 aliphatic heterocycles. The van der Waals surface area contributed by atoms with E-state index in [0.29, 0.717) is 5.56 Å². The second-order valence-electron chi connectivity index (χ2n) is 5.06. The van der Waals surface area contributed by atoms with Crippen LogP contribution in [0.25, 0.3) is 11.1 Å². The van der Waals surface area contributed by atoms with E-state index in [1.807, 2.05) is 36.4 Å². The van der Waals surface area contributed by atoms with Gasteiger partial charge in [-0.25, -0.2) is 0 Å². The van der Waals surface area contributed by atoms with E-state index in [2.05, 4.69) is 0 Å². The Kier molecular flexibility index (Phi) is 3.07. The van der Waals surface area contributed by atoms with E-state index < -0.39 is 4.92 Å². The molecule has 5 nitrogen and oxygen atoms in total. The fourth-order valence-corrected chi connectivity index (χ4v) is 3.09. The molecule has 3 rings (SSSR count). The van der Waals surface area contributed by atoms with Crippen molar-refractivity contribution in [3.05, 3.63) is 57.1 Å². The maximum Gasteiger partial charge on any atom is 0.301 e. The van der Waals surface area contributed by atoms with Crippen LogP contribution in [0.3, 0.4) is 0 Å². The van der Waals surface area contributed by atoms with Gasteiger partial charge < -0.3 is 5.73 Å². The number of fused-ring (bicyclic) bond motifs is 1. The first-order chi connectivity index (χ1) is 10.1. The van der Waals surface area contributed by atoms with Crippen LogP contribution in [0.4, 0.5) is 11.4 Å². The number of nitrogens with zero attached hydrogens (tertiary/aromatic N) is 2. The minimum absolute atomic E-state index is 0.0120. The predicted octanol–water partition coefficient (Wildman–Crippen LogP) is 3.20. The summed E-state index contributed by atoms with van der Waals surface area (Å²) in [6.07, 6.45) is 2.39. The lowest BCUT2D eigenvalue weighted by atomic mass is 9.90. The lowest BCUT2D eigenvalue weighted by Gasteiger charge is -2.13. The van der Waals surface area contributed by atoms with Crippen molar-refractivity contribution in [2.24, 2.45) is 0 Å². The van der Waals surface area contributed by atoms with Crippen molar-refractivity contribution >= 4 is 11.4 Å². The van der Waals surface area contributed by atoms with Gasteiger partial charge in [-0.2, -0.15) is 5.26 Å². The summed E-state index contributed by atoms with van der Waals surface area (Å²) in [4.78, 5) is 11.0. The molecule has 0 bridgehead atoms. The molecular formula is C16H13N3O2. The topological polar surface area (TPSA) is 93.0 Å². The molecule has 2 N–H and O–H groups in total. The molecule has 1 aliphatic rings. The van der Waals surface area contributed by atoms with Gasteiger partial charge >= 0.3 is 5.69 Å². The Bertz CT molecular complexity index is 777. The number of hydrogen-bond donors (Lipinski definition) is 1. The van der Waals surface area contributed by atoms with Gasteiger partial charge in [0.05, 0.1) is 16.1 Å². The normalized spacial score (nSPS) is 12.7. The minimum Gasteiger partial charge on any atom is -0.392 e. The fraction of sp³-hybridized carbons (Fsp3) is 0.188. The van der Waals surface area contributed by atoms with Gasteiger partial charge in [0.15, 0.2) is 0 Å². The van der Waals surface area contributed by atoms with Gasteiger partial charge in [0.1, 0.15) is 11.8 Å². The van der Waals surface area contributed by atoms with Crippen LogP contribution in [0.5, 0.6) is 0 Å². The van der Waals surface area contributed by atoms with Gasteiger partial charge in [0, 0.05) is 0 Å². The highest BCUT2D eigenvalue weighted by Crippen LogP contribution is 2.45. The Morgan fingerprint density at radius 2 is 1.86 bits per heavy atom. The Morgan fingerprint density at radius 1 is 1.19 bits per heavy atom. The molecular weight excluding hydrogens is 266 g/mol. The van der Waals surface area contributed by atoms with Gasteiger partial charge in [-0.05, 0) is 36.0 Å². The van der Waals surface area contributed by atoms with Gasteiger partial charge in [0.25, 0.3) is 0 Å². The Labute approximate surface area is 121 Å². The molecule has 0 unspecified atom stereocenters. The van der Waals surface area contributed by atoms with E-state index in [-0.39, 0.29) is 16.9 Å². The zero-order chi connectivity index (χ0) is 15.0. The van der Waals surface area contributed by atoms with Crippen molar-refractivity contribution in [3.63, 3.8) is 0 Å². The second kappa shape index (κ2) is 4.91. The maximum atomic E-state index is 11.5. The molecule has 0 spiro atoms. The zero-order valence-corrected chi connectivity index (χ0v) is 11.3. The van der Waals surface area contributed by atoms with E-state index in [0.717, 1.165) is 36.0 Å². The molecule has 1 aliphatic carbocycles. The summed E-state index contributed by atoms with van der Waals surface area (Å²) in [6.45, 7) is 0. The number of nitriles is 1. The molecule has 0 saturated carbocycles. The summed E-state index contributed by atoms with van der Waals surface area (Å²) in [5, 5.41) is 20.8. The highest BCUT2D eigenvalue weighted by Gasteiger charge is 2.31. The summed E-state index contributed by atoms with van der Waals surface area (Å²) < 4.78 is 0. The van der Waals surface area contributed by atoms with Crippen molar-refractivity contribution in [2.75, 3.05) is 5.73 Å². The molecule has 5 heteroatoms. The Morgan fingerprint density at radius 3 is 2.48 bits per heavy atom. The maximum absolute atomic E-state index is 11.5. The van der Waals surface area contributed by atoms with Crippen molar-refractivity contribution in [2.45, 2.75) is 19.3 Å². The lowest BCUT2D eigenvalue weighted by Crippen LogP contribution is -2.06. The summed E-state index contributed by atoms with van der Waals surface area (Å²) in [7, 11) is 0. The number of nitrogens with two attached hydrogens (primary N) is 1. The molecule has 0 amide bonds. The molecule has 0 saturated heterocycles. The molecule has 2 aromatic rings. The monoisotopic (exact) mass is 279 g/mol. The van der Waals surface area contributed by atoms with E-state index in [9.17, 15) is 15.4 Å². The SMILES string of the molecule is N#Cc1c(N)c([N+](=O)[O-])c(-c2ccccc2)c2c1CCC2. The minimum atomic E-state index is -0.475. The lowest BCUT2D eigenvalue weighted by molar-refractivity contribution is -0.383. The number of nitro benzene ring substituents is 1. The summed E-state index contributed by atoms with van der Waals surface area (Å²) >= 11 is 0. The molecule has 0 atom stereocenters. The molecule has 0 aromatic heterocycles. The standard InChI is InChI=1S/C16H13N3O2/c17-9-13-11-7-4-8-12(11)14(10-5-2-1-3-6-10)16(15(13)18)19(20)21/h1-3,5-6H,4,7-8,18H2. The van der Waals surface area contributed by atoms with Gasteiger partial charge in [-0.15, -0.1) is 0 Å². The van der Waals surface area contributed by atoms with E-state index >= 15 is 0 Å². The van der Waals surface area contributed by atoms with Crippen LogP contribution in [-0.4, -0.2) is 4.92 Å². The fourth-order valence-electron chi connectivity index (χ4n) is 3.09. The molecule has 21 heavy (non-hydrogen) atoms. The summed E-state index contributed by atoms with van der Waals surface area (Å²) in [5.74, 6) is 0. The molecule has 0 radical (unpaired) electrons. The number of anilines is 1. The van der Waals surface area contributed by atoms with Crippen LogP contribution in [0.15, 0.2) is 30.3 Å². The first kappa shape index (κ1) is 13.1. The number of rotatable bonds is 2.